The van der Waals surface area contributed by atoms with E-state index in [1.54, 1.807) is 12.3 Å². The molecule has 0 saturated heterocycles. The summed E-state index contributed by atoms with van der Waals surface area (Å²) in [7, 11) is 0. The molecule has 2 fully saturated rings. The molecule has 8 heteroatoms. The zero-order chi connectivity index (χ0) is 19.5. The van der Waals surface area contributed by atoms with Gasteiger partial charge in [-0.2, -0.15) is 5.26 Å². The maximum atomic E-state index is 10.8. The molecule has 0 aromatic carbocycles. The van der Waals surface area contributed by atoms with E-state index < -0.39 is 6.09 Å². The Balaban J connectivity index is 1.55. The van der Waals surface area contributed by atoms with Gasteiger partial charge in [0.2, 0.25) is 0 Å². The van der Waals surface area contributed by atoms with Gasteiger partial charge in [0, 0.05) is 35.1 Å². The molecule has 146 valence electrons. The summed E-state index contributed by atoms with van der Waals surface area (Å²) >= 11 is 0. The van der Waals surface area contributed by atoms with Gasteiger partial charge in [0.05, 0.1) is 0 Å². The molecule has 2 saturated carbocycles. The molecule has 0 radical (unpaired) electrons. The third-order valence-corrected chi connectivity index (χ3v) is 5.64. The number of hydrogen-bond donors (Lipinski definition) is 4. The highest BCUT2D eigenvalue weighted by Gasteiger charge is 2.26. The van der Waals surface area contributed by atoms with Crippen LogP contribution in [-0.4, -0.2) is 39.3 Å². The summed E-state index contributed by atoms with van der Waals surface area (Å²) in [4.78, 5) is 19.8. The first-order valence-corrected chi connectivity index (χ1v) is 9.84. The van der Waals surface area contributed by atoms with Gasteiger partial charge in [-0.15, -0.1) is 0 Å². The van der Waals surface area contributed by atoms with Crippen LogP contribution in [0.5, 0.6) is 0 Å². The van der Waals surface area contributed by atoms with E-state index in [1.165, 1.54) is 12.8 Å². The van der Waals surface area contributed by atoms with Crippen molar-refractivity contribution in [2.45, 2.75) is 63.1 Å². The third-order valence-electron chi connectivity index (χ3n) is 5.64. The molecule has 2 aliphatic carbocycles. The summed E-state index contributed by atoms with van der Waals surface area (Å²) in [6.07, 6.45) is 7.92. The van der Waals surface area contributed by atoms with Gasteiger partial charge in [-0.3, -0.25) is 0 Å². The topological polar surface area (TPSA) is 123 Å². The summed E-state index contributed by atoms with van der Waals surface area (Å²) in [5, 5.41) is 29.5. The maximum absolute atomic E-state index is 10.8. The van der Waals surface area contributed by atoms with E-state index in [0.29, 0.717) is 11.7 Å². The van der Waals surface area contributed by atoms with E-state index in [9.17, 15) is 10.1 Å². The summed E-state index contributed by atoms with van der Waals surface area (Å²) in [6, 6.07) is 6.41. The average molecular weight is 380 g/mol. The van der Waals surface area contributed by atoms with Crippen molar-refractivity contribution < 1.29 is 9.90 Å². The maximum Gasteiger partial charge on any atom is 0.404 e. The normalized spacial score (nSPS) is 22.1. The van der Waals surface area contributed by atoms with Crippen LogP contribution in [0.1, 0.15) is 50.6 Å². The predicted octanol–water partition coefficient (Wildman–Crippen LogP) is 3.46. The smallest absolute Gasteiger partial charge is 0.404 e. The minimum Gasteiger partial charge on any atom is -0.465 e. The number of hydrogen-bond acceptors (Lipinski definition) is 6. The van der Waals surface area contributed by atoms with Gasteiger partial charge in [-0.25, -0.2) is 14.8 Å². The Kier molecular flexibility index (Phi) is 5.15. The highest BCUT2D eigenvalue weighted by Crippen LogP contribution is 2.29. The van der Waals surface area contributed by atoms with Crippen LogP contribution in [0.25, 0.3) is 10.8 Å². The molecule has 2 aromatic rings. The van der Waals surface area contributed by atoms with Gasteiger partial charge in [-0.05, 0) is 44.2 Å². The second-order valence-electron chi connectivity index (χ2n) is 7.69. The van der Waals surface area contributed by atoms with Gasteiger partial charge in [0.1, 0.15) is 23.4 Å². The summed E-state index contributed by atoms with van der Waals surface area (Å²) in [5.41, 5.74) is 0.383. The lowest BCUT2D eigenvalue weighted by atomic mass is 10.1. The lowest BCUT2D eigenvalue weighted by Gasteiger charge is -2.17. The molecule has 2 aliphatic rings. The average Bonchev–Trinajstić information content (AvgIpc) is 3.33. The number of amides is 1. The van der Waals surface area contributed by atoms with Crippen molar-refractivity contribution in [3.63, 3.8) is 0 Å². The van der Waals surface area contributed by atoms with Crippen LogP contribution in [-0.2, 0) is 0 Å². The Morgan fingerprint density at radius 1 is 1.11 bits per heavy atom. The summed E-state index contributed by atoms with van der Waals surface area (Å²) in [5.74, 6) is 1.48. The molecule has 4 N–H and O–H groups in total. The van der Waals surface area contributed by atoms with Crippen molar-refractivity contribution in [2.75, 3.05) is 10.6 Å². The van der Waals surface area contributed by atoms with Crippen molar-refractivity contribution in [1.29, 1.82) is 5.26 Å². The SMILES string of the molecule is N#Cc1cc2cnc(N[C@H]3CC[C@H](NC(=O)O)C3)cc2c(NC2CCCC2)n1. The number of anilines is 2. The fourth-order valence-corrected chi connectivity index (χ4v) is 4.28. The van der Waals surface area contributed by atoms with Gasteiger partial charge in [0.15, 0.2) is 0 Å². The van der Waals surface area contributed by atoms with E-state index >= 15 is 0 Å². The summed E-state index contributed by atoms with van der Waals surface area (Å²) < 4.78 is 0. The van der Waals surface area contributed by atoms with Gasteiger partial charge in [0.25, 0.3) is 0 Å². The van der Waals surface area contributed by atoms with Crippen LogP contribution < -0.4 is 16.0 Å². The lowest BCUT2D eigenvalue weighted by molar-refractivity contribution is 0.190. The van der Waals surface area contributed by atoms with Crippen LogP contribution in [0, 0.1) is 11.3 Å². The molecular formula is C20H24N6O2. The van der Waals surface area contributed by atoms with Gasteiger partial charge < -0.3 is 21.1 Å². The van der Waals surface area contributed by atoms with Crippen molar-refractivity contribution in [1.82, 2.24) is 15.3 Å². The second kappa shape index (κ2) is 7.89. The Morgan fingerprint density at radius 2 is 1.89 bits per heavy atom. The van der Waals surface area contributed by atoms with Gasteiger partial charge in [-0.1, -0.05) is 12.8 Å². The number of rotatable bonds is 5. The number of nitrogens with one attached hydrogen (secondary N) is 3. The van der Waals surface area contributed by atoms with Crippen molar-refractivity contribution in [2.24, 2.45) is 0 Å². The van der Waals surface area contributed by atoms with E-state index in [-0.39, 0.29) is 12.1 Å². The molecule has 28 heavy (non-hydrogen) atoms. The fourth-order valence-electron chi connectivity index (χ4n) is 4.28. The van der Waals surface area contributed by atoms with E-state index in [4.69, 9.17) is 5.11 Å². The zero-order valence-electron chi connectivity index (χ0n) is 15.6. The number of aromatic nitrogens is 2. The predicted molar refractivity (Wildman–Crippen MR) is 106 cm³/mol. The Morgan fingerprint density at radius 3 is 2.64 bits per heavy atom. The largest absolute Gasteiger partial charge is 0.465 e. The highest BCUT2D eigenvalue weighted by atomic mass is 16.4. The molecule has 4 rings (SSSR count). The fraction of sp³-hybridized carbons (Fsp3) is 0.500. The second-order valence-corrected chi connectivity index (χ2v) is 7.69. The van der Waals surface area contributed by atoms with E-state index in [1.807, 2.05) is 6.07 Å². The van der Waals surface area contributed by atoms with Crippen LogP contribution in [0.15, 0.2) is 18.3 Å². The summed E-state index contributed by atoms with van der Waals surface area (Å²) in [6.45, 7) is 0. The number of nitrogens with zero attached hydrogens (tertiary/aromatic N) is 3. The quantitative estimate of drug-likeness (QED) is 0.626. The van der Waals surface area contributed by atoms with Crippen molar-refractivity contribution >= 4 is 28.5 Å². The first-order chi connectivity index (χ1) is 13.6. The Bertz CT molecular complexity index is 919. The third kappa shape index (κ3) is 4.09. The Labute approximate surface area is 163 Å². The molecule has 2 atom stereocenters. The van der Waals surface area contributed by atoms with E-state index in [2.05, 4.69) is 32.0 Å². The zero-order valence-corrected chi connectivity index (χ0v) is 15.6. The monoisotopic (exact) mass is 380 g/mol. The van der Waals surface area contributed by atoms with Crippen LogP contribution in [0.2, 0.25) is 0 Å². The molecule has 2 heterocycles. The number of carbonyl (C=O) groups is 1. The minimum atomic E-state index is -0.975. The van der Waals surface area contributed by atoms with Crippen LogP contribution >= 0.6 is 0 Å². The number of carboxylic acid groups (broad SMARTS) is 1. The molecule has 0 unspecified atom stereocenters. The molecule has 0 aliphatic heterocycles. The van der Waals surface area contributed by atoms with Crippen LogP contribution in [0.3, 0.4) is 0 Å². The minimum absolute atomic E-state index is 0.0186. The first kappa shape index (κ1) is 18.3. The molecule has 0 bridgehead atoms. The molecular weight excluding hydrogens is 356 g/mol. The van der Waals surface area contributed by atoms with E-state index in [0.717, 1.165) is 54.5 Å². The standard InChI is InChI=1S/C20H24N6O2/c21-10-16-7-12-11-22-18(23-14-5-6-15(8-14)26-20(27)28)9-17(12)19(25-16)24-13-3-1-2-4-13/h7,9,11,13-15,26H,1-6,8H2,(H,22,23)(H,24,25)(H,27,28)/t14-,15-/m0/s1. The molecule has 1 amide bonds. The molecule has 2 aromatic heterocycles. The van der Waals surface area contributed by atoms with Crippen molar-refractivity contribution in [3.05, 3.63) is 24.0 Å². The lowest BCUT2D eigenvalue weighted by Crippen LogP contribution is -2.32. The number of pyridine rings is 2. The highest BCUT2D eigenvalue weighted by molar-refractivity contribution is 5.93. The van der Waals surface area contributed by atoms with Crippen LogP contribution in [0.4, 0.5) is 16.4 Å². The van der Waals surface area contributed by atoms with Crippen molar-refractivity contribution in [3.8, 4) is 6.07 Å². The molecule has 0 spiro atoms. The number of nitriles is 1. The Hall–Kier alpha value is -3.08. The number of fused-ring (bicyclic) bond motifs is 1. The van der Waals surface area contributed by atoms with Gasteiger partial charge >= 0.3 is 6.09 Å². The first-order valence-electron chi connectivity index (χ1n) is 9.84. The molecule has 8 nitrogen and oxygen atoms in total.